The van der Waals surface area contributed by atoms with Crippen LogP contribution < -0.4 is 10.1 Å². The first-order chi connectivity index (χ1) is 11.1. The molecule has 23 heavy (non-hydrogen) atoms. The number of alkyl halides is 2. The Hall–Kier alpha value is -2.96. The number of amides is 1. The lowest BCUT2D eigenvalue weighted by Gasteiger charge is -2.08. The summed E-state index contributed by atoms with van der Waals surface area (Å²) in [6.45, 7) is -2.41. The molecule has 2 aromatic heterocycles. The number of carbonyl (C=O) groups is 1. The molecule has 1 aliphatic heterocycles. The Balaban J connectivity index is 1.83. The number of nitrogens with zero attached hydrogens (tertiary/aromatic N) is 2. The zero-order valence-electron chi connectivity index (χ0n) is 11.8. The van der Waals surface area contributed by atoms with E-state index in [4.69, 9.17) is 0 Å². The van der Waals surface area contributed by atoms with Gasteiger partial charge in [-0.3, -0.25) is 9.20 Å². The summed E-state index contributed by atoms with van der Waals surface area (Å²) in [5, 5.41) is 2.79. The van der Waals surface area contributed by atoms with Crippen molar-refractivity contribution in [2.75, 3.05) is 0 Å². The van der Waals surface area contributed by atoms with Crippen molar-refractivity contribution >= 4 is 11.6 Å². The number of nitrogens with one attached hydrogen (secondary N) is 1. The minimum Gasteiger partial charge on any atom is -0.435 e. The van der Waals surface area contributed by atoms with E-state index < -0.39 is 6.61 Å². The first-order valence-electron chi connectivity index (χ1n) is 6.96. The topological polar surface area (TPSA) is 55.6 Å². The molecule has 0 atom stereocenters. The van der Waals surface area contributed by atoms with Gasteiger partial charge in [-0.2, -0.15) is 8.78 Å². The highest BCUT2D eigenvalue weighted by atomic mass is 19.3. The van der Waals surface area contributed by atoms with Crippen molar-refractivity contribution in [2.45, 2.75) is 13.2 Å². The lowest BCUT2D eigenvalue weighted by atomic mass is 10.0. The molecule has 4 rings (SSSR count). The number of imidazole rings is 1. The Morgan fingerprint density at radius 2 is 2.09 bits per heavy atom. The molecule has 0 fully saturated rings. The summed E-state index contributed by atoms with van der Waals surface area (Å²) in [7, 11) is 0. The van der Waals surface area contributed by atoms with Crippen molar-refractivity contribution < 1.29 is 18.3 Å². The summed E-state index contributed by atoms with van der Waals surface area (Å²) in [6.07, 6.45) is 3.28. The highest BCUT2D eigenvalue weighted by Gasteiger charge is 2.23. The van der Waals surface area contributed by atoms with Crippen molar-refractivity contribution in [1.82, 2.24) is 14.7 Å². The molecule has 0 radical (unpaired) electrons. The number of ether oxygens (including phenoxy) is 1. The Kier molecular flexibility index (Phi) is 3.00. The molecule has 0 saturated heterocycles. The summed E-state index contributed by atoms with van der Waals surface area (Å²) >= 11 is 0. The molecule has 3 heterocycles. The van der Waals surface area contributed by atoms with E-state index in [1.165, 1.54) is 12.1 Å². The molecule has 5 nitrogen and oxygen atoms in total. The number of rotatable bonds is 3. The average molecular weight is 315 g/mol. The zero-order valence-corrected chi connectivity index (χ0v) is 11.8. The van der Waals surface area contributed by atoms with Gasteiger partial charge in [-0.1, -0.05) is 12.1 Å². The molecule has 0 saturated carbocycles. The van der Waals surface area contributed by atoms with Crippen molar-refractivity contribution in [2.24, 2.45) is 0 Å². The predicted octanol–water partition coefficient (Wildman–Crippen LogP) is 2.85. The van der Waals surface area contributed by atoms with Gasteiger partial charge < -0.3 is 10.1 Å². The van der Waals surface area contributed by atoms with E-state index in [9.17, 15) is 13.6 Å². The first kappa shape index (κ1) is 13.7. The van der Waals surface area contributed by atoms with Crippen molar-refractivity contribution in [3.63, 3.8) is 0 Å². The maximum absolute atomic E-state index is 12.3. The van der Waals surface area contributed by atoms with Crippen LogP contribution in [-0.2, 0) is 6.54 Å². The molecule has 1 aromatic carbocycles. The minimum absolute atomic E-state index is 0.0554. The van der Waals surface area contributed by atoms with Crippen molar-refractivity contribution in [3.05, 3.63) is 53.9 Å². The SMILES string of the molecule is O=C1NCc2c1cccc2-c1cnc2cc(OC(F)F)ccn12. The van der Waals surface area contributed by atoms with Crippen LogP contribution in [0.4, 0.5) is 8.78 Å². The fourth-order valence-corrected chi connectivity index (χ4v) is 2.83. The van der Waals surface area contributed by atoms with Gasteiger partial charge in [0.25, 0.3) is 5.91 Å². The number of fused-ring (bicyclic) bond motifs is 2. The number of hydrogen-bond acceptors (Lipinski definition) is 3. The van der Waals surface area contributed by atoms with Crippen molar-refractivity contribution in [3.8, 4) is 17.0 Å². The van der Waals surface area contributed by atoms with E-state index in [1.54, 1.807) is 22.9 Å². The fraction of sp³-hybridized carbons (Fsp3) is 0.125. The van der Waals surface area contributed by atoms with Crippen LogP contribution in [0.25, 0.3) is 16.9 Å². The number of carbonyl (C=O) groups excluding carboxylic acids is 1. The van der Waals surface area contributed by atoms with Crippen LogP contribution >= 0.6 is 0 Å². The number of aromatic nitrogens is 2. The summed E-state index contributed by atoms with van der Waals surface area (Å²) in [4.78, 5) is 16.0. The largest absolute Gasteiger partial charge is 0.435 e. The molecule has 0 aliphatic carbocycles. The monoisotopic (exact) mass is 315 g/mol. The Morgan fingerprint density at radius 3 is 2.91 bits per heavy atom. The van der Waals surface area contributed by atoms with Gasteiger partial charge in [-0.25, -0.2) is 4.98 Å². The molecule has 116 valence electrons. The molecule has 0 unspecified atom stereocenters. The van der Waals surface area contributed by atoms with Gasteiger partial charge in [0.05, 0.1) is 11.9 Å². The second kappa shape index (κ2) is 5.05. The fourth-order valence-electron chi connectivity index (χ4n) is 2.83. The molecular weight excluding hydrogens is 304 g/mol. The van der Waals surface area contributed by atoms with Gasteiger partial charge in [0.1, 0.15) is 11.4 Å². The molecule has 0 bridgehead atoms. The van der Waals surface area contributed by atoms with Crippen LogP contribution in [0.5, 0.6) is 5.75 Å². The van der Waals surface area contributed by atoms with Crippen molar-refractivity contribution in [1.29, 1.82) is 0 Å². The van der Waals surface area contributed by atoms with E-state index in [0.29, 0.717) is 17.8 Å². The standard InChI is InChI=1S/C16H11F2N3O2/c17-16(18)23-9-4-5-21-13(8-19-14(21)6-9)10-2-1-3-11-12(10)7-20-15(11)22/h1-6,8,16H,7H2,(H,20,22). The van der Waals surface area contributed by atoms with E-state index >= 15 is 0 Å². The maximum Gasteiger partial charge on any atom is 0.387 e. The van der Waals surface area contributed by atoms with E-state index in [2.05, 4.69) is 15.0 Å². The quantitative estimate of drug-likeness (QED) is 0.808. The molecule has 1 amide bonds. The van der Waals surface area contributed by atoms with Gasteiger partial charge in [-0.15, -0.1) is 0 Å². The smallest absolute Gasteiger partial charge is 0.387 e. The number of hydrogen-bond donors (Lipinski definition) is 1. The molecule has 3 aromatic rings. The summed E-state index contributed by atoms with van der Waals surface area (Å²) in [5.41, 5.74) is 3.73. The zero-order chi connectivity index (χ0) is 16.0. The lowest BCUT2D eigenvalue weighted by molar-refractivity contribution is -0.0498. The molecular formula is C16H11F2N3O2. The van der Waals surface area contributed by atoms with Gasteiger partial charge in [-0.05, 0) is 17.7 Å². The molecule has 7 heteroatoms. The summed E-state index contributed by atoms with van der Waals surface area (Å²) < 4.78 is 30.7. The number of benzene rings is 1. The number of halogens is 2. The van der Waals surface area contributed by atoms with Crippen LogP contribution in [0.3, 0.4) is 0 Å². The Bertz CT molecular complexity index is 921. The van der Waals surface area contributed by atoms with Crippen LogP contribution in [-0.4, -0.2) is 21.9 Å². The predicted molar refractivity (Wildman–Crippen MR) is 78.4 cm³/mol. The Morgan fingerprint density at radius 1 is 1.26 bits per heavy atom. The van der Waals surface area contributed by atoms with Gasteiger partial charge in [0.15, 0.2) is 0 Å². The second-order valence-corrected chi connectivity index (χ2v) is 5.13. The normalized spacial score (nSPS) is 13.4. The molecule has 1 N–H and O–H groups in total. The van der Waals surface area contributed by atoms with Crippen LogP contribution in [0, 0.1) is 0 Å². The maximum atomic E-state index is 12.3. The lowest BCUT2D eigenvalue weighted by Crippen LogP contribution is -2.12. The minimum atomic E-state index is -2.87. The molecule has 0 spiro atoms. The van der Waals surface area contributed by atoms with Crippen LogP contribution in [0.1, 0.15) is 15.9 Å². The first-order valence-corrected chi connectivity index (χ1v) is 6.96. The third kappa shape index (κ3) is 2.21. The Labute approximate surface area is 129 Å². The van der Waals surface area contributed by atoms with E-state index in [1.807, 2.05) is 12.1 Å². The van der Waals surface area contributed by atoms with Gasteiger partial charge in [0, 0.05) is 29.9 Å². The third-order valence-electron chi connectivity index (χ3n) is 3.83. The van der Waals surface area contributed by atoms with E-state index in [0.717, 1.165) is 16.8 Å². The highest BCUT2D eigenvalue weighted by molar-refractivity contribution is 6.00. The third-order valence-corrected chi connectivity index (χ3v) is 3.83. The van der Waals surface area contributed by atoms with Gasteiger partial charge in [0.2, 0.25) is 0 Å². The van der Waals surface area contributed by atoms with Gasteiger partial charge >= 0.3 is 6.61 Å². The van der Waals surface area contributed by atoms with Crippen LogP contribution in [0.2, 0.25) is 0 Å². The summed E-state index contributed by atoms with van der Waals surface area (Å²) in [5.74, 6) is -0.0388. The highest BCUT2D eigenvalue weighted by Crippen LogP contribution is 2.30. The number of pyridine rings is 1. The second-order valence-electron chi connectivity index (χ2n) is 5.13. The average Bonchev–Trinajstić information content (AvgIpc) is 3.10. The van der Waals surface area contributed by atoms with Crippen LogP contribution in [0.15, 0.2) is 42.7 Å². The van der Waals surface area contributed by atoms with E-state index in [-0.39, 0.29) is 11.7 Å². The summed E-state index contributed by atoms with van der Waals surface area (Å²) in [6, 6.07) is 8.40. The molecule has 1 aliphatic rings.